The summed E-state index contributed by atoms with van der Waals surface area (Å²) in [4.78, 5) is 13.2. The van der Waals surface area contributed by atoms with Crippen molar-refractivity contribution in [3.05, 3.63) is 65.7 Å². The van der Waals surface area contributed by atoms with E-state index in [-0.39, 0.29) is 11.9 Å². The Morgan fingerprint density at radius 2 is 1.76 bits per heavy atom. The molecule has 0 fully saturated rings. The van der Waals surface area contributed by atoms with Crippen molar-refractivity contribution < 1.29 is 9.53 Å². The third-order valence-corrected chi connectivity index (χ3v) is 4.64. The molecule has 0 saturated heterocycles. The fourth-order valence-corrected chi connectivity index (χ4v) is 2.91. The maximum Gasteiger partial charge on any atom is 0.309 e. The normalized spacial score (nSPS) is 11.9. The second-order valence-electron chi connectivity index (χ2n) is 5.07. The zero-order valence-electron chi connectivity index (χ0n) is 12.4. The minimum Gasteiger partial charge on any atom is -0.461 e. The highest BCUT2D eigenvalue weighted by molar-refractivity contribution is 7.99. The molecule has 3 heteroatoms. The number of carbonyl (C=O) groups is 1. The van der Waals surface area contributed by atoms with Crippen molar-refractivity contribution in [1.29, 1.82) is 0 Å². The Bertz CT molecular complexity index is 581. The molecule has 2 nitrogen and oxygen atoms in total. The summed E-state index contributed by atoms with van der Waals surface area (Å²) in [6, 6.07) is 18.0. The van der Waals surface area contributed by atoms with Gasteiger partial charge < -0.3 is 4.74 Å². The van der Waals surface area contributed by atoms with Gasteiger partial charge in [-0.25, -0.2) is 0 Å². The van der Waals surface area contributed by atoms with Gasteiger partial charge in [-0.1, -0.05) is 55.5 Å². The van der Waals surface area contributed by atoms with E-state index in [1.54, 1.807) is 11.8 Å². The fraction of sp³-hybridized carbons (Fsp3) is 0.278. The molecule has 2 aromatic rings. The van der Waals surface area contributed by atoms with E-state index in [0.29, 0.717) is 6.61 Å². The highest BCUT2D eigenvalue weighted by atomic mass is 32.2. The molecule has 0 heterocycles. The highest BCUT2D eigenvalue weighted by Crippen LogP contribution is 2.24. The molecular weight excluding hydrogens is 280 g/mol. The van der Waals surface area contributed by atoms with Crippen molar-refractivity contribution in [2.75, 3.05) is 5.75 Å². The van der Waals surface area contributed by atoms with E-state index < -0.39 is 0 Å². The van der Waals surface area contributed by atoms with Crippen LogP contribution < -0.4 is 0 Å². The highest BCUT2D eigenvalue weighted by Gasteiger charge is 2.15. The summed E-state index contributed by atoms with van der Waals surface area (Å²) in [6.07, 6.45) is 0. The largest absolute Gasteiger partial charge is 0.461 e. The van der Waals surface area contributed by atoms with Gasteiger partial charge in [-0.05, 0) is 24.1 Å². The fourth-order valence-electron chi connectivity index (χ4n) is 1.87. The number of esters is 1. The molecule has 0 amide bonds. The second kappa shape index (κ2) is 7.89. The first-order valence-electron chi connectivity index (χ1n) is 7.06. The molecule has 0 aliphatic rings. The van der Waals surface area contributed by atoms with Gasteiger partial charge in [0.2, 0.25) is 0 Å². The zero-order chi connectivity index (χ0) is 15.1. The average Bonchev–Trinajstić information content (AvgIpc) is 2.52. The Balaban J connectivity index is 1.79. The van der Waals surface area contributed by atoms with Gasteiger partial charge in [0.05, 0.1) is 5.92 Å². The van der Waals surface area contributed by atoms with Crippen LogP contribution in [0.25, 0.3) is 0 Å². The van der Waals surface area contributed by atoms with E-state index in [4.69, 9.17) is 4.74 Å². The number of benzene rings is 2. The Morgan fingerprint density at radius 3 is 2.48 bits per heavy atom. The van der Waals surface area contributed by atoms with Crippen LogP contribution in [0.4, 0.5) is 0 Å². The molecule has 2 aromatic carbocycles. The van der Waals surface area contributed by atoms with Crippen molar-refractivity contribution in [2.45, 2.75) is 25.3 Å². The first kappa shape index (κ1) is 15.6. The lowest BCUT2D eigenvalue weighted by molar-refractivity contribution is -0.148. The lowest BCUT2D eigenvalue weighted by atomic mass is 10.2. The van der Waals surface area contributed by atoms with E-state index in [0.717, 1.165) is 11.3 Å². The smallest absolute Gasteiger partial charge is 0.309 e. The van der Waals surface area contributed by atoms with Crippen molar-refractivity contribution in [3.63, 3.8) is 0 Å². The van der Waals surface area contributed by atoms with Crippen molar-refractivity contribution in [2.24, 2.45) is 5.92 Å². The SMILES string of the molecule is Cc1ccccc1SCC(C)C(=O)OCc1ccccc1. The van der Waals surface area contributed by atoms with Gasteiger partial charge in [-0.15, -0.1) is 11.8 Å². The topological polar surface area (TPSA) is 26.3 Å². The predicted molar refractivity (Wildman–Crippen MR) is 87.3 cm³/mol. The van der Waals surface area contributed by atoms with Gasteiger partial charge in [0.1, 0.15) is 6.61 Å². The number of rotatable bonds is 6. The minimum atomic E-state index is -0.139. The lowest BCUT2D eigenvalue weighted by Gasteiger charge is -2.12. The molecule has 1 atom stereocenters. The van der Waals surface area contributed by atoms with Crippen LogP contribution in [0.15, 0.2) is 59.5 Å². The summed E-state index contributed by atoms with van der Waals surface area (Å²) in [5.41, 5.74) is 2.26. The molecule has 0 aliphatic heterocycles. The van der Waals surface area contributed by atoms with Gasteiger partial charge in [0, 0.05) is 10.6 Å². The first-order valence-corrected chi connectivity index (χ1v) is 8.04. The second-order valence-corrected chi connectivity index (χ2v) is 6.13. The van der Waals surface area contributed by atoms with Crippen LogP contribution in [0.5, 0.6) is 0 Å². The van der Waals surface area contributed by atoms with Gasteiger partial charge in [-0.3, -0.25) is 4.79 Å². The third-order valence-electron chi connectivity index (χ3n) is 3.21. The van der Waals surface area contributed by atoms with E-state index in [1.165, 1.54) is 10.5 Å². The van der Waals surface area contributed by atoms with Crippen LogP contribution in [0.3, 0.4) is 0 Å². The summed E-state index contributed by atoms with van der Waals surface area (Å²) in [6.45, 7) is 4.35. The van der Waals surface area contributed by atoms with Crippen LogP contribution >= 0.6 is 11.8 Å². The first-order chi connectivity index (χ1) is 10.2. The van der Waals surface area contributed by atoms with E-state index >= 15 is 0 Å². The average molecular weight is 300 g/mol. The van der Waals surface area contributed by atoms with Crippen LogP contribution in [-0.4, -0.2) is 11.7 Å². The molecule has 2 rings (SSSR count). The molecular formula is C18H20O2S. The Hall–Kier alpha value is -1.74. The maximum atomic E-state index is 12.0. The third kappa shape index (κ3) is 4.94. The molecule has 0 saturated carbocycles. The van der Waals surface area contributed by atoms with Crippen molar-refractivity contribution in [1.82, 2.24) is 0 Å². The summed E-state index contributed by atoms with van der Waals surface area (Å²) in [7, 11) is 0. The molecule has 1 unspecified atom stereocenters. The Labute approximate surface area is 130 Å². The molecule has 0 aliphatic carbocycles. The van der Waals surface area contributed by atoms with Gasteiger partial charge in [-0.2, -0.15) is 0 Å². The number of carbonyl (C=O) groups excluding carboxylic acids is 1. The molecule has 21 heavy (non-hydrogen) atoms. The molecule has 0 spiro atoms. The van der Waals surface area contributed by atoms with E-state index in [9.17, 15) is 4.79 Å². The molecule has 0 bridgehead atoms. The maximum absolute atomic E-state index is 12.0. The molecule has 0 radical (unpaired) electrons. The Morgan fingerprint density at radius 1 is 1.10 bits per heavy atom. The monoisotopic (exact) mass is 300 g/mol. The van der Waals surface area contributed by atoms with Crippen molar-refractivity contribution in [3.8, 4) is 0 Å². The number of thioether (sulfide) groups is 1. The Kier molecular flexibility index (Phi) is 5.88. The van der Waals surface area contributed by atoms with Crippen LogP contribution in [0, 0.1) is 12.8 Å². The molecule has 110 valence electrons. The number of hydrogen-bond acceptors (Lipinski definition) is 3. The van der Waals surface area contributed by atoms with Gasteiger partial charge in [0.15, 0.2) is 0 Å². The van der Waals surface area contributed by atoms with Crippen LogP contribution in [-0.2, 0) is 16.1 Å². The number of aryl methyl sites for hydroxylation is 1. The lowest BCUT2D eigenvalue weighted by Crippen LogP contribution is -2.16. The number of ether oxygens (including phenoxy) is 1. The minimum absolute atomic E-state index is 0.113. The summed E-state index contributed by atoms with van der Waals surface area (Å²) in [5.74, 6) is 0.483. The van der Waals surface area contributed by atoms with Crippen LogP contribution in [0.1, 0.15) is 18.1 Å². The van der Waals surface area contributed by atoms with E-state index in [2.05, 4.69) is 19.1 Å². The zero-order valence-corrected chi connectivity index (χ0v) is 13.2. The standard InChI is InChI=1S/C18H20O2S/c1-14-8-6-7-11-17(14)21-13-15(2)18(19)20-12-16-9-4-3-5-10-16/h3-11,15H,12-13H2,1-2H3. The van der Waals surface area contributed by atoms with Crippen LogP contribution in [0.2, 0.25) is 0 Å². The molecule has 0 aromatic heterocycles. The predicted octanol–water partition coefficient (Wildman–Crippen LogP) is 4.47. The summed E-state index contributed by atoms with van der Waals surface area (Å²) >= 11 is 1.70. The quantitative estimate of drug-likeness (QED) is 0.582. The van der Waals surface area contributed by atoms with E-state index in [1.807, 2.05) is 49.4 Å². The van der Waals surface area contributed by atoms with Gasteiger partial charge in [0.25, 0.3) is 0 Å². The summed E-state index contributed by atoms with van der Waals surface area (Å²) < 4.78 is 5.36. The molecule has 0 N–H and O–H groups in total. The summed E-state index contributed by atoms with van der Waals surface area (Å²) in [5, 5.41) is 0. The van der Waals surface area contributed by atoms with Crippen molar-refractivity contribution >= 4 is 17.7 Å². The van der Waals surface area contributed by atoms with Gasteiger partial charge >= 0.3 is 5.97 Å². The number of hydrogen-bond donors (Lipinski definition) is 0.